The number of hydrogen-bond acceptors (Lipinski definition) is 5. The summed E-state index contributed by atoms with van der Waals surface area (Å²) in [6.45, 7) is 1.66. The molecule has 0 aliphatic rings. The molecule has 0 saturated carbocycles. The number of nitrogens with zero attached hydrogens (tertiary/aromatic N) is 1. The minimum absolute atomic E-state index is 0.0847. The number of halogens is 1. The van der Waals surface area contributed by atoms with E-state index in [1.54, 1.807) is 19.1 Å². The van der Waals surface area contributed by atoms with E-state index in [1.807, 2.05) is 0 Å². The molecule has 100 valence electrons. The number of nitro benzene ring substituents is 1. The summed E-state index contributed by atoms with van der Waals surface area (Å²) in [4.78, 5) is 10.3. The average Bonchev–Trinajstić information content (AvgIpc) is 2.13. The molecule has 0 fully saturated rings. The van der Waals surface area contributed by atoms with Gasteiger partial charge in [0.1, 0.15) is 15.5 Å². The van der Waals surface area contributed by atoms with Crippen molar-refractivity contribution in [2.45, 2.75) is 13.0 Å². The van der Waals surface area contributed by atoms with Crippen LogP contribution in [0.2, 0.25) is 0 Å². The standard InChI is InChI=1S/C10H13BrN2O4S/c1-7(6-18(2,16)17)12-9-5-8(11)3-4-10(9)13(14)15/h3-5,7,12H,6H2,1-2H3. The smallest absolute Gasteiger partial charge is 0.292 e. The Bertz CT molecular complexity index is 559. The van der Waals surface area contributed by atoms with Crippen LogP contribution in [-0.2, 0) is 9.84 Å². The van der Waals surface area contributed by atoms with Crippen LogP contribution in [0.4, 0.5) is 11.4 Å². The van der Waals surface area contributed by atoms with Crippen LogP contribution >= 0.6 is 15.9 Å². The highest BCUT2D eigenvalue weighted by atomic mass is 79.9. The van der Waals surface area contributed by atoms with E-state index >= 15 is 0 Å². The number of sulfone groups is 1. The van der Waals surface area contributed by atoms with Gasteiger partial charge in [-0.1, -0.05) is 15.9 Å². The van der Waals surface area contributed by atoms with Crippen LogP contribution in [0.15, 0.2) is 22.7 Å². The lowest BCUT2D eigenvalue weighted by Crippen LogP contribution is -2.25. The lowest BCUT2D eigenvalue weighted by Gasteiger charge is -2.14. The fraction of sp³-hybridized carbons (Fsp3) is 0.400. The number of nitro groups is 1. The lowest BCUT2D eigenvalue weighted by atomic mass is 10.2. The minimum Gasteiger partial charge on any atom is -0.376 e. The molecular weight excluding hydrogens is 324 g/mol. The van der Waals surface area contributed by atoms with E-state index in [2.05, 4.69) is 21.2 Å². The van der Waals surface area contributed by atoms with Gasteiger partial charge in [-0.3, -0.25) is 10.1 Å². The predicted molar refractivity (Wildman–Crippen MR) is 73.6 cm³/mol. The third kappa shape index (κ3) is 4.61. The van der Waals surface area contributed by atoms with Crippen molar-refractivity contribution in [3.8, 4) is 0 Å². The number of hydrogen-bond donors (Lipinski definition) is 1. The van der Waals surface area contributed by atoms with Gasteiger partial charge in [0.15, 0.2) is 0 Å². The molecule has 0 radical (unpaired) electrons. The molecule has 0 bridgehead atoms. The molecule has 1 unspecified atom stereocenters. The Hall–Kier alpha value is -1.15. The van der Waals surface area contributed by atoms with Crippen molar-refractivity contribution >= 4 is 37.1 Å². The van der Waals surface area contributed by atoms with Crippen molar-refractivity contribution in [2.75, 3.05) is 17.3 Å². The van der Waals surface area contributed by atoms with Crippen LogP contribution in [-0.4, -0.2) is 31.4 Å². The highest BCUT2D eigenvalue weighted by molar-refractivity contribution is 9.10. The summed E-state index contributed by atoms with van der Waals surface area (Å²) in [5, 5.41) is 13.7. The van der Waals surface area contributed by atoms with Crippen molar-refractivity contribution in [3.05, 3.63) is 32.8 Å². The molecule has 0 aliphatic carbocycles. The summed E-state index contributed by atoms with van der Waals surface area (Å²) in [7, 11) is -3.13. The summed E-state index contributed by atoms with van der Waals surface area (Å²) in [5.41, 5.74) is 0.212. The predicted octanol–water partition coefficient (Wildman–Crippen LogP) is 2.20. The Labute approximate surface area is 114 Å². The van der Waals surface area contributed by atoms with Gasteiger partial charge in [0.05, 0.1) is 10.7 Å². The summed E-state index contributed by atoms with van der Waals surface area (Å²) in [6, 6.07) is 4.06. The SMILES string of the molecule is CC(CS(C)(=O)=O)Nc1cc(Br)ccc1[N+](=O)[O-]. The van der Waals surface area contributed by atoms with Gasteiger partial charge in [0.25, 0.3) is 5.69 Å². The minimum atomic E-state index is -3.13. The first kappa shape index (κ1) is 14.9. The van der Waals surface area contributed by atoms with Crippen molar-refractivity contribution < 1.29 is 13.3 Å². The van der Waals surface area contributed by atoms with Crippen molar-refractivity contribution in [3.63, 3.8) is 0 Å². The molecule has 0 amide bonds. The quantitative estimate of drug-likeness (QED) is 0.657. The van der Waals surface area contributed by atoms with Crippen molar-refractivity contribution in [1.29, 1.82) is 0 Å². The summed E-state index contributed by atoms with van der Waals surface area (Å²) in [6.07, 6.45) is 1.13. The van der Waals surface area contributed by atoms with Crippen molar-refractivity contribution in [1.82, 2.24) is 0 Å². The van der Waals surface area contributed by atoms with Gasteiger partial charge in [0.2, 0.25) is 0 Å². The molecule has 0 heterocycles. The maximum absolute atomic E-state index is 11.1. The second-order valence-corrected chi connectivity index (χ2v) is 7.16. The Kier molecular flexibility index (Phi) is 4.69. The third-order valence-corrected chi connectivity index (χ3v) is 3.71. The van der Waals surface area contributed by atoms with Crippen LogP contribution in [0.3, 0.4) is 0 Å². The molecule has 8 heteroatoms. The fourth-order valence-corrected chi connectivity index (χ4v) is 2.90. The summed E-state index contributed by atoms with van der Waals surface area (Å²) >= 11 is 3.22. The zero-order valence-electron chi connectivity index (χ0n) is 9.88. The Balaban J connectivity index is 2.96. The van der Waals surface area contributed by atoms with Gasteiger partial charge in [-0.05, 0) is 19.1 Å². The second kappa shape index (κ2) is 5.66. The van der Waals surface area contributed by atoms with E-state index in [9.17, 15) is 18.5 Å². The zero-order chi connectivity index (χ0) is 13.9. The van der Waals surface area contributed by atoms with E-state index < -0.39 is 20.8 Å². The van der Waals surface area contributed by atoms with E-state index in [0.717, 1.165) is 6.26 Å². The van der Waals surface area contributed by atoms with Gasteiger partial charge in [-0.25, -0.2) is 8.42 Å². The molecule has 0 saturated heterocycles. The molecule has 6 nitrogen and oxygen atoms in total. The molecule has 1 aromatic carbocycles. The van der Waals surface area contributed by atoms with Gasteiger partial charge < -0.3 is 5.32 Å². The first-order chi connectivity index (χ1) is 8.19. The van der Waals surface area contributed by atoms with Crippen LogP contribution < -0.4 is 5.32 Å². The van der Waals surface area contributed by atoms with E-state index in [-0.39, 0.29) is 11.4 Å². The molecule has 1 atom stereocenters. The van der Waals surface area contributed by atoms with Gasteiger partial charge in [-0.15, -0.1) is 0 Å². The van der Waals surface area contributed by atoms with E-state index in [4.69, 9.17) is 0 Å². The first-order valence-electron chi connectivity index (χ1n) is 5.07. The summed E-state index contributed by atoms with van der Waals surface area (Å²) < 4.78 is 23.0. The molecule has 18 heavy (non-hydrogen) atoms. The highest BCUT2D eigenvalue weighted by Crippen LogP contribution is 2.28. The van der Waals surface area contributed by atoms with Gasteiger partial charge in [-0.2, -0.15) is 0 Å². The number of nitrogens with one attached hydrogen (secondary N) is 1. The largest absolute Gasteiger partial charge is 0.376 e. The van der Waals surface area contributed by atoms with Crippen LogP contribution in [0.25, 0.3) is 0 Å². The normalized spacial score (nSPS) is 13.1. The zero-order valence-corrected chi connectivity index (χ0v) is 12.3. The molecule has 1 rings (SSSR count). The van der Waals surface area contributed by atoms with Gasteiger partial charge >= 0.3 is 0 Å². The topological polar surface area (TPSA) is 89.3 Å². The first-order valence-corrected chi connectivity index (χ1v) is 7.92. The van der Waals surface area contributed by atoms with Crippen LogP contribution in [0.5, 0.6) is 0 Å². The van der Waals surface area contributed by atoms with Crippen LogP contribution in [0.1, 0.15) is 6.92 Å². The van der Waals surface area contributed by atoms with E-state index in [1.165, 1.54) is 6.07 Å². The lowest BCUT2D eigenvalue weighted by molar-refractivity contribution is -0.384. The number of benzene rings is 1. The molecule has 1 N–H and O–H groups in total. The van der Waals surface area contributed by atoms with Crippen molar-refractivity contribution in [2.24, 2.45) is 0 Å². The summed E-state index contributed by atoms with van der Waals surface area (Å²) in [5.74, 6) is -0.0866. The third-order valence-electron chi connectivity index (χ3n) is 2.11. The number of rotatable bonds is 5. The highest BCUT2D eigenvalue weighted by Gasteiger charge is 2.17. The Morgan fingerprint density at radius 2 is 2.11 bits per heavy atom. The molecule has 0 aromatic heterocycles. The monoisotopic (exact) mass is 336 g/mol. The molecule has 0 spiro atoms. The maximum Gasteiger partial charge on any atom is 0.292 e. The van der Waals surface area contributed by atoms with Crippen LogP contribution in [0, 0.1) is 10.1 Å². The molecule has 1 aromatic rings. The maximum atomic E-state index is 11.1. The molecular formula is C10H13BrN2O4S. The van der Waals surface area contributed by atoms with E-state index in [0.29, 0.717) is 10.2 Å². The fourth-order valence-electron chi connectivity index (χ4n) is 1.54. The Morgan fingerprint density at radius 1 is 1.50 bits per heavy atom. The average molecular weight is 337 g/mol. The second-order valence-electron chi connectivity index (χ2n) is 4.06. The Morgan fingerprint density at radius 3 is 2.61 bits per heavy atom. The molecule has 0 aliphatic heterocycles. The number of anilines is 1. The van der Waals surface area contributed by atoms with Gasteiger partial charge in [0, 0.05) is 22.8 Å².